The standard InChI is InChI=1S/C27H30BrN5O3/c1-26(2,36)14-33-21-9-16(28)7-8-20(21)23(32-33)25(35)29-17-12-27(13-17)10-15(11-27)22-18-5-3-4-6-19(18)24(34)31-30-22/h3-9,15,17,20-21,36H,10-14H2,1-2H3,(H,29,35)(H,31,34)/t15-,17-,20?,21?,27?. The molecule has 2 aromatic rings. The van der Waals surface area contributed by atoms with Crippen LogP contribution >= 0.6 is 15.9 Å². The molecule has 2 atom stereocenters. The van der Waals surface area contributed by atoms with Gasteiger partial charge in [-0.1, -0.05) is 46.3 Å². The van der Waals surface area contributed by atoms with E-state index in [1.807, 2.05) is 47.5 Å². The Labute approximate surface area is 217 Å². The molecule has 9 heteroatoms. The summed E-state index contributed by atoms with van der Waals surface area (Å²) in [4.78, 5) is 25.3. The first kappa shape index (κ1) is 23.6. The van der Waals surface area contributed by atoms with Crippen LogP contribution < -0.4 is 10.9 Å². The van der Waals surface area contributed by atoms with Gasteiger partial charge in [0.1, 0.15) is 5.71 Å². The Bertz CT molecular complexity index is 1370. The van der Waals surface area contributed by atoms with Crippen LogP contribution in [-0.2, 0) is 4.79 Å². The number of rotatable bonds is 5. The zero-order chi connectivity index (χ0) is 25.2. The molecule has 6 rings (SSSR count). The number of hydrogen-bond donors (Lipinski definition) is 3. The molecule has 0 radical (unpaired) electrons. The number of H-pyrrole nitrogens is 1. The monoisotopic (exact) mass is 551 g/mol. The zero-order valence-corrected chi connectivity index (χ0v) is 22.0. The van der Waals surface area contributed by atoms with Gasteiger partial charge in [-0.15, -0.1) is 0 Å². The predicted octanol–water partition coefficient (Wildman–Crippen LogP) is 3.34. The number of aliphatic hydroxyl groups is 1. The first-order valence-electron chi connectivity index (χ1n) is 12.5. The van der Waals surface area contributed by atoms with Crippen molar-refractivity contribution in [2.24, 2.45) is 16.4 Å². The summed E-state index contributed by atoms with van der Waals surface area (Å²) in [6.45, 7) is 3.84. The fourth-order valence-corrected chi connectivity index (χ4v) is 6.89. The van der Waals surface area contributed by atoms with Crippen molar-refractivity contribution >= 4 is 38.3 Å². The van der Waals surface area contributed by atoms with Crippen LogP contribution in [0, 0.1) is 11.3 Å². The summed E-state index contributed by atoms with van der Waals surface area (Å²) < 4.78 is 0.951. The average molecular weight is 552 g/mol. The maximum atomic E-state index is 13.2. The maximum Gasteiger partial charge on any atom is 0.272 e. The summed E-state index contributed by atoms with van der Waals surface area (Å²) in [7, 11) is 0. The molecule has 0 saturated heterocycles. The van der Waals surface area contributed by atoms with Crippen LogP contribution in [0.25, 0.3) is 10.8 Å². The highest BCUT2D eigenvalue weighted by atomic mass is 79.9. The van der Waals surface area contributed by atoms with Crippen LogP contribution in [0.1, 0.15) is 51.1 Å². The van der Waals surface area contributed by atoms with Gasteiger partial charge in [-0.2, -0.15) is 10.2 Å². The van der Waals surface area contributed by atoms with Gasteiger partial charge in [0.15, 0.2) is 0 Å². The molecule has 1 amide bonds. The van der Waals surface area contributed by atoms with Crippen molar-refractivity contribution in [3.63, 3.8) is 0 Å². The van der Waals surface area contributed by atoms with E-state index in [0.717, 1.165) is 41.2 Å². The molecular formula is C27H30BrN5O3. The highest BCUT2D eigenvalue weighted by Crippen LogP contribution is 2.62. The normalized spacial score (nSPS) is 30.9. The summed E-state index contributed by atoms with van der Waals surface area (Å²) in [6.07, 6.45) is 9.96. The molecule has 2 heterocycles. The first-order chi connectivity index (χ1) is 17.1. The van der Waals surface area contributed by atoms with E-state index in [-0.39, 0.29) is 34.9 Å². The van der Waals surface area contributed by atoms with Gasteiger partial charge >= 0.3 is 0 Å². The smallest absolute Gasteiger partial charge is 0.272 e. The van der Waals surface area contributed by atoms with Crippen LogP contribution in [0.5, 0.6) is 0 Å². The Morgan fingerprint density at radius 2 is 1.97 bits per heavy atom. The second-order valence-corrected chi connectivity index (χ2v) is 12.4. The third-order valence-electron chi connectivity index (χ3n) is 8.00. The lowest BCUT2D eigenvalue weighted by Crippen LogP contribution is -2.57. The highest BCUT2D eigenvalue weighted by molar-refractivity contribution is 9.11. The van der Waals surface area contributed by atoms with Gasteiger partial charge in [-0.05, 0) is 57.1 Å². The van der Waals surface area contributed by atoms with E-state index in [9.17, 15) is 14.7 Å². The fourth-order valence-electron chi connectivity index (χ4n) is 6.47. The predicted molar refractivity (Wildman–Crippen MR) is 142 cm³/mol. The van der Waals surface area contributed by atoms with E-state index >= 15 is 0 Å². The maximum absolute atomic E-state index is 13.2. The molecule has 2 fully saturated rings. The average Bonchev–Trinajstić information content (AvgIpc) is 3.11. The number of amides is 1. The number of benzene rings is 1. The van der Waals surface area contributed by atoms with Crippen molar-refractivity contribution in [3.8, 4) is 0 Å². The number of hydrazone groups is 1. The SMILES string of the molecule is CC(C)(O)CN1N=C(C(=O)N[C@H]2CC3(C2)C[C@H](c2n[nH]c(=O)c4ccccc42)C3)C2C=CC(Br)=CC21. The molecule has 4 aliphatic rings. The Kier molecular flexibility index (Phi) is 5.50. The van der Waals surface area contributed by atoms with Crippen LogP contribution in [0.15, 0.2) is 56.9 Å². The van der Waals surface area contributed by atoms with E-state index in [1.165, 1.54) is 0 Å². The molecule has 0 bridgehead atoms. The number of halogens is 1. The number of nitrogens with zero attached hydrogens (tertiary/aromatic N) is 3. The number of aromatic nitrogens is 2. The summed E-state index contributed by atoms with van der Waals surface area (Å²) >= 11 is 3.53. The molecular weight excluding hydrogens is 522 g/mol. The number of hydrogen-bond acceptors (Lipinski definition) is 6. The quantitative estimate of drug-likeness (QED) is 0.527. The molecule has 1 aliphatic heterocycles. The van der Waals surface area contributed by atoms with E-state index < -0.39 is 5.60 Å². The number of nitrogens with one attached hydrogen (secondary N) is 2. The van der Waals surface area contributed by atoms with Crippen LogP contribution in [-0.4, -0.2) is 56.2 Å². The number of allylic oxidation sites excluding steroid dienone is 2. The van der Waals surface area contributed by atoms with E-state index in [1.54, 1.807) is 13.8 Å². The van der Waals surface area contributed by atoms with Crippen molar-refractivity contribution in [2.45, 2.75) is 63.1 Å². The van der Waals surface area contributed by atoms with E-state index in [0.29, 0.717) is 23.6 Å². The van der Waals surface area contributed by atoms with Crippen molar-refractivity contribution in [2.75, 3.05) is 6.54 Å². The number of fused-ring (bicyclic) bond motifs is 2. The molecule has 2 saturated carbocycles. The fraction of sp³-hybridized carbons (Fsp3) is 0.481. The third kappa shape index (κ3) is 4.12. The second kappa shape index (κ2) is 8.38. The van der Waals surface area contributed by atoms with Gasteiger partial charge in [0.2, 0.25) is 0 Å². The molecule has 1 aromatic carbocycles. The van der Waals surface area contributed by atoms with Gasteiger partial charge in [0, 0.05) is 21.8 Å². The van der Waals surface area contributed by atoms with Gasteiger partial charge < -0.3 is 10.4 Å². The summed E-state index contributed by atoms with van der Waals surface area (Å²) in [5.41, 5.74) is 0.656. The topological polar surface area (TPSA) is 111 Å². The van der Waals surface area contributed by atoms with Crippen LogP contribution in [0.4, 0.5) is 0 Å². The second-order valence-electron chi connectivity index (χ2n) is 11.5. The molecule has 8 nitrogen and oxygen atoms in total. The lowest BCUT2D eigenvalue weighted by atomic mass is 9.49. The first-order valence-corrected chi connectivity index (χ1v) is 13.3. The van der Waals surface area contributed by atoms with Crippen LogP contribution in [0.2, 0.25) is 0 Å². The molecule has 3 aliphatic carbocycles. The lowest BCUT2D eigenvalue weighted by molar-refractivity contribution is -0.118. The van der Waals surface area contributed by atoms with Crippen LogP contribution in [0.3, 0.4) is 0 Å². The molecule has 2 unspecified atom stereocenters. The number of carbonyl (C=O) groups is 1. The Morgan fingerprint density at radius 3 is 2.69 bits per heavy atom. The number of aromatic amines is 1. The Hall–Kier alpha value is -2.78. The lowest BCUT2D eigenvalue weighted by Gasteiger charge is -2.57. The number of β-amino-alcohol motifs (C(OH)–C–C–N with tert-alkyl or cyclic N) is 1. The van der Waals surface area contributed by atoms with Gasteiger partial charge in [-0.3, -0.25) is 14.6 Å². The van der Waals surface area contributed by atoms with Crippen molar-refractivity contribution in [1.82, 2.24) is 20.5 Å². The van der Waals surface area contributed by atoms with Gasteiger partial charge in [0.25, 0.3) is 11.5 Å². The van der Waals surface area contributed by atoms with E-state index in [4.69, 9.17) is 0 Å². The zero-order valence-electron chi connectivity index (χ0n) is 20.4. The molecule has 36 heavy (non-hydrogen) atoms. The molecule has 1 aromatic heterocycles. The minimum absolute atomic E-state index is 0.0868. The highest BCUT2D eigenvalue weighted by Gasteiger charge is 2.54. The third-order valence-corrected chi connectivity index (χ3v) is 8.53. The Balaban J connectivity index is 1.09. The Morgan fingerprint density at radius 1 is 1.25 bits per heavy atom. The van der Waals surface area contributed by atoms with Crippen molar-refractivity contribution in [1.29, 1.82) is 0 Å². The van der Waals surface area contributed by atoms with E-state index in [2.05, 4.69) is 36.5 Å². The molecule has 3 N–H and O–H groups in total. The largest absolute Gasteiger partial charge is 0.389 e. The summed E-state index contributed by atoms with van der Waals surface area (Å²) in [5.74, 6) is 0.0788. The van der Waals surface area contributed by atoms with Crippen molar-refractivity contribution in [3.05, 3.63) is 63.0 Å². The minimum atomic E-state index is -0.922. The van der Waals surface area contributed by atoms with Gasteiger partial charge in [0.05, 0.1) is 35.2 Å². The van der Waals surface area contributed by atoms with Gasteiger partial charge in [-0.25, -0.2) is 5.10 Å². The summed E-state index contributed by atoms with van der Waals surface area (Å²) in [5, 5.41) is 28.7. The molecule has 188 valence electrons. The summed E-state index contributed by atoms with van der Waals surface area (Å²) in [6, 6.07) is 7.70. The minimum Gasteiger partial charge on any atom is -0.389 e. The number of carbonyl (C=O) groups excluding carboxylic acids is 1. The van der Waals surface area contributed by atoms with Crippen molar-refractivity contribution < 1.29 is 9.90 Å². The molecule has 1 spiro atoms.